The minimum atomic E-state index is -0.595. The summed E-state index contributed by atoms with van der Waals surface area (Å²) < 4.78 is 17.3. The molecule has 0 spiro atoms. The van der Waals surface area contributed by atoms with Crippen LogP contribution in [0.25, 0.3) is 0 Å². The standard InChI is InChI=1S/C18H26ClN3O5/c1-2-26-17-9-8-15(20-18(23)22(21-24)11-10-19)16(27-17)13-25-12-14-6-4-3-5-7-14/h3-7,15-17H,2,8-13H2,1H3,(H,20,23)/t15-,16-,17+/m1/s1. The SMILES string of the molecule is CCO[C@@H]1CC[C@@H](NC(=O)N(CCCl)N=O)[C@@H](COCc2ccccc2)O1. The number of urea groups is 1. The van der Waals surface area contributed by atoms with Crippen LogP contribution >= 0.6 is 11.6 Å². The summed E-state index contributed by atoms with van der Waals surface area (Å²) >= 11 is 5.59. The summed E-state index contributed by atoms with van der Waals surface area (Å²) in [5, 5.41) is 6.26. The first-order valence-corrected chi connectivity index (χ1v) is 9.57. The first kappa shape index (κ1) is 21.6. The van der Waals surface area contributed by atoms with Gasteiger partial charge in [-0.05, 0) is 18.9 Å². The summed E-state index contributed by atoms with van der Waals surface area (Å²) in [5.41, 5.74) is 1.05. The third-order valence-electron chi connectivity index (χ3n) is 4.17. The Bertz CT molecular complexity index is 577. The lowest BCUT2D eigenvalue weighted by molar-refractivity contribution is -0.210. The van der Waals surface area contributed by atoms with Crippen LogP contribution in [-0.4, -0.2) is 55.1 Å². The van der Waals surface area contributed by atoms with Crippen LogP contribution in [0.3, 0.4) is 0 Å². The molecule has 0 unspecified atom stereocenters. The topological polar surface area (TPSA) is 89.5 Å². The van der Waals surface area contributed by atoms with Crippen LogP contribution in [0.2, 0.25) is 0 Å². The monoisotopic (exact) mass is 399 g/mol. The molecule has 8 nitrogen and oxygen atoms in total. The van der Waals surface area contributed by atoms with Gasteiger partial charge in [-0.3, -0.25) is 0 Å². The van der Waals surface area contributed by atoms with Crippen molar-refractivity contribution in [2.75, 3.05) is 25.6 Å². The van der Waals surface area contributed by atoms with E-state index in [9.17, 15) is 9.70 Å². The number of nitrogens with one attached hydrogen (secondary N) is 1. The summed E-state index contributed by atoms with van der Waals surface area (Å²) in [6.45, 7) is 3.21. The number of ether oxygens (including phenoxy) is 3. The molecule has 0 bridgehead atoms. The van der Waals surface area contributed by atoms with Crippen molar-refractivity contribution in [1.82, 2.24) is 10.3 Å². The van der Waals surface area contributed by atoms with Gasteiger partial charge in [-0.2, -0.15) is 5.01 Å². The Balaban J connectivity index is 1.93. The van der Waals surface area contributed by atoms with Crippen molar-refractivity contribution < 1.29 is 19.0 Å². The molecule has 9 heteroatoms. The van der Waals surface area contributed by atoms with Crippen LogP contribution in [0.4, 0.5) is 4.79 Å². The van der Waals surface area contributed by atoms with Crippen molar-refractivity contribution in [2.45, 2.75) is 44.8 Å². The molecule has 0 aromatic heterocycles. The summed E-state index contributed by atoms with van der Waals surface area (Å²) in [5.74, 6) is 0.121. The van der Waals surface area contributed by atoms with Crippen molar-refractivity contribution in [2.24, 2.45) is 5.29 Å². The van der Waals surface area contributed by atoms with E-state index in [-0.39, 0.29) is 31.4 Å². The Labute approximate surface area is 164 Å². The molecule has 150 valence electrons. The molecule has 2 rings (SSSR count). The smallest absolute Gasteiger partial charge is 0.340 e. The molecule has 1 aromatic carbocycles. The maximum Gasteiger partial charge on any atom is 0.340 e. The fourth-order valence-electron chi connectivity index (χ4n) is 2.85. The average molecular weight is 400 g/mol. The van der Waals surface area contributed by atoms with Gasteiger partial charge in [-0.25, -0.2) is 4.79 Å². The lowest BCUT2D eigenvalue weighted by atomic mass is 10.0. The van der Waals surface area contributed by atoms with Crippen LogP contribution < -0.4 is 5.32 Å². The van der Waals surface area contributed by atoms with Crippen LogP contribution in [0, 0.1) is 4.91 Å². The van der Waals surface area contributed by atoms with Crippen molar-refractivity contribution in [3.8, 4) is 0 Å². The molecule has 27 heavy (non-hydrogen) atoms. The van der Waals surface area contributed by atoms with Gasteiger partial charge in [0.25, 0.3) is 0 Å². The van der Waals surface area contributed by atoms with Crippen LogP contribution in [0.15, 0.2) is 35.6 Å². The number of nitrogens with zero attached hydrogens (tertiary/aromatic N) is 2. The Morgan fingerprint density at radius 3 is 2.81 bits per heavy atom. The van der Waals surface area contributed by atoms with Crippen LogP contribution in [0.5, 0.6) is 0 Å². The van der Waals surface area contributed by atoms with Crippen molar-refractivity contribution >= 4 is 17.6 Å². The predicted molar refractivity (Wildman–Crippen MR) is 101 cm³/mol. The number of hydrogen-bond acceptors (Lipinski definition) is 6. The number of carbonyl (C=O) groups excluding carboxylic acids is 1. The third-order valence-corrected chi connectivity index (χ3v) is 4.34. The lowest BCUT2D eigenvalue weighted by Gasteiger charge is -2.36. The van der Waals surface area contributed by atoms with E-state index in [0.29, 0.717) is 26.1 Å². The molecule has 1 saturated heterocycles. The average Bonchev–Trinajstić information content (AvgIpc) is 2.69. The van der Waals surface area contributed by atoms with Crippen molar-refractivity contribution in [3.63, 3.8) is 0 Å². The Morgan fingerprint density at radius 1 is 1.37 bits per heavy atom. The Kier molecular flexibility index (Phi) is 9.47. The molecule has 1 aliphatic heterocycles. The second-order valence-corrected chi connectivity index (χ2v) is 6.47. The first-order valence-electron chi connectivity index (χ1n) is 9.04. The van der Waals surface area contributed by atoms with Gasteiger partial charge in [-0.15, -0.1) is 16.5 Å². The zero-order valence-electron chi connectivity index (χ0n) is 15.4. The highest BCUT2D eigenvalue weighted by atomic mass is 35.5. The van der Waals surface area contributed by atoms with Crippen LogP contribution in [-0.2, 0) is 20.8 Å². The zero-order chi connectivity index (χ0) is 19.5. The highest BCUT2D eigenvalue weighted by Gasteiger charge is 2.34. The summed E-state index contributed by atoms with van der Waals surface area (Å²) in [7, 11) is 0. The molecular formula is C18H26ClN3O5. The molecule has 1 aromatic rings. The molecule has 0 saturated carbocycles. The third kappa shape index (κ3) is 7.06. The van der Waals surface area contributed by atoms with Gasteiger partial charge in [0.2, 0.25) is 0 Å². The van der Waals surface area contributed by atoms with E-state index in [4.69, 9.17) is 25.8 Å². The van der Waals surface area contributed by atoms with E-state index in [2.05, 4.69) is 10.6 Å². The highest BCUT2D eigenvalue weighted by molar-refractivity contribution is 6.18. The first-order chi connectivity index (χ1) is 13.2. The van der Waals surface area contributed by atoms with Gasteiger partial charge in [0, 0.05) is 18.9 Å². The second kappa shape index (κ2) is 11.9. The number of amides is 2. The molecular weight excluding hydrogens is 374 g/mol. The molecule has 1 aliphatic rings. The molecule has 2 amide bonds. The molecule has 0 aliphatic carbocycles. The van der Waals surface area contributed by atoms with E-state index in [1.165, 1.54) is 0 Å². The maximum atomic E-state index is 12.2. The van der Waals surface area contributed by atoms with Crippen LogP contribution in [0.1, 0.15) is 25.3 Å². The number of halogens is 1. The number of nitroso groups, excluding NO2 is 1. The molecule has 1 heterocycles. The summed E-state index contributed by atoms with van der Waals surface area (Å²) in [6.07, 6.45) is 0.547. The predicted octanol–water partition coefficient (Wildman–Crippen LogP) is 3.05. The van der Waals surface area contributed by atoms with Gasteiger partial charge in [0.15, 0.2) is 6.29 Å². The van der Waals surface area contributed by atoms with Crippen molar-refractivity contribution in [1.29, 1.82) is 0 Å². The molecule has 1 N–H and O–H groups in total. The van der Waals surface area contributed by atoms with Gasteiger partial charge in [-0.1, -0.05) is 30.3 Å². The number of alkyl halides is 1. The lowest BCUT2D eigenvalue weighted by Crippen LogP contribution is -2.54. The number of carbonyl (C=O) groups is 1. The van der Waals surface area contributed by atoms with E-state index in [1.807, 2.05) is 37.3 Å². The summed E-state index contributed by atoms with van der Waals surface area (Å²) in [4.78, 5) is 23.0. The van der Waals surface area contributed by atoms with Gasteiger partial charge >= 0.3 is 6.03 Å². The van der Waals surface area contributed by atoms with E-state index in [0.717, 1.165) is 10.6 Å². The fourth-order valence-corrected chi connectivity index (χ4v) is 3.01. The quantitative estimate of drug-likeness (QED) is 0.371. The minimum absolute atomic E-state index is 0.0429. The van der Waals surface area contributed by atoms with Gasteiger partial charge < -0.3 is 19.5 Å². The van der Waals surface area contributed by atoms with Gasteiger partial charge in [0.1, 0.15) is 6.10 Å². The van der Waals surface area contributed by atoms with E-state index in [1.54, 1.807) is 0 Å². The summed E-state index contributed by atoms with van der Waals surface area (Å²) in [6, 6.07) is 8.88. The number of rotatable bonds is 10. The fraction of sp³-hybridized carbons (Fsp3) is 0.611. The van der Waals surface area contributed by atoms with E-state index >= 15 is 0 Å². The number of benzene rings is 1. The number of hydrogen-bond donors (Lipinski definition) is 1. The molecule has 0 radical (unpaired) electrons. The Hall–Kier alpha value is -1.74. The molecule has 3 atom stereocenters. The second-order valence-electron chi connectivity index (χ2n) is 6.09. The van der Waals surface area contributed by atoms with Crippen molar-refractivity contribution in [3.05, 3.63) is 40.8 Å². The van der Waals surface area contributed by atoms with E-state index < -0.39 is 12.1 Å². The zero-order valence-corrected chi connectivity index (χ0v) is 16.1. The maximum absolute atomic E-state index is 12.2. The highest BCUT2D eigenvalue weighted by Crippen LogP contribution is 2.22. The largest absolute Gasteiger partial charge is 0.374 e. The normalized spacial score (nSPS) is 22.2. The van der Waals surface area contributed by atoms with Gasteiger partial charge in [0.05, 0.1) is 31.1 Å². The Morgan fingerprint density at radius 2 is 2.15 bits per heavy atom. The minimum Gasteiger partial charge on any atom is -0.374 e. The molecule has 1 fully saturated rings.